The van der Waals surface area contributed by atoms with E-state index in [-0.39, 0.29) is 30.3 Å². The summed E-state index contributed by atoms with van der Waals surface area (Å²) in [5.74, 6) is 1.09. The lowest BCUT2D eigenvalue weighted by Gasteiger charge is -2.34. The van der Waals surface area contributed by atoms with E-state index in [2.05, 4.69) is 4.90 Å². The highest BCUT2D eigenvalue weighted by atomic mass is 35.5. The Morgan fingerprint density at radius 1 is 1.05 bits per heavy atom. The Labute approximate surface area is 254 Å². The number of benzene rings is 1. The van der Waals surface area contributed by atoms with Crippen LogP contribution in [0.15, 0.2) is 34.4 Å². The van der Waals surface area contributed by atoms with Crippen LogP contribution in [-0.2, 0) is 30.8 Å². The largest absolute Gasteiger partial charge is 0.469 e. The van der Waals surface area contributed by atoms with Gasteiger partial charge in [-0.15, -0.1) is 0 Å². The summed E-state index contributed by atoms with van der Waals surface area (Å²) in [5, 5.41) is 0.450. The zero-order chi connectivity index (χ0) is 30.0. The SMILES string of the molecule is COC(=O)Cc1ccc(C2=C(Cl)N=C([C@@H]3C[C@H](C4CCN(S(C)(=O)=O)CC4)CN3C(=O)C3CCC(CN)CC3)C2)cc1. The number of rotatable bonds is 8. The van der Waals surface area contributed by atoms with Crippen molar-refractivity contribution in [3.05, 3.63) is 40.5 Å². The molecule has 3 heterocycles. The first kappa shape index (κ1) is 31.2. The summed E-state index contributed by atoms with van der Waals surface area (Å²) < 4.78 is 30.5. The van der Waals surface area contributed by atoms with Gasteiger partial charge in [0.05, 0.1) is 25.8 Å². The van der Waals surface area contributed by atoms with Crippen LogP contribution in [0.1, 0.15) is 62.5 Å². The van der Waals surface area contributed by atoms with Crippen LogP contribution in [0.4, 0.5) is 0 Å². The fraction of sp³-hybridized carbons (Fsp3) is 0.645. The number of sulfonamides is 1. The van der Waals surface area contributed by atoms with E-state index in [9.17, 15) is 18.0 Å². The number of carbonyl (C=O) groups is 2. The Morgan fingerprint density at radius 3 is 2.31 bits per heavy atom. The van der Waals surface area contributed by atoms with E-state index in [4.69, 9.17) is 27.1 Å². The fourth-order valence-corrected chi connectivity index (χ4v) is 8.45. The highest BCUT2D eigenvalue weighted by Gasteiger charge is 2.45. The smallest absolute Gasteiger partial charge is 0.309 e. The number of nitrogens with zero attached hydrogens (tertiary/aromatic N) is 3. The fourth-order valence-electron chi connectivity index (χ4n) is 7.29. The van der Waals surface area contributed by atoms with Crippen LogP contribution in [0.3, 0.4) is 0 Å². The Bertz CT molecular complexity index is 1330. The maximum absolute atomic E-state index is 14.0. The molecule has 0 spiro atoms. The predicted octanol–water partition coefficient (Wildman–Crippen LogP) is 3.81. The van der Waals surface area contributed by atoms with Gasteiger partial charge in [0.1, 0.15) is 5.16 Å². The average molecular weight is 619 g/mol. The minimum atomic E-state index is -3.19. The van der Waals surface area contributed by atoms with Crippen molar-refractivity contribution in [3.8, 4) is 0 Å². The lowest BCUT2D eigenvalue weighted by Crippen LogP contribution is -2.44. The molecule has 230 valence electrons. The normalized spacial score (nSPS) is 27.8. The molecule has 0 radical (unpaired) electrons. The molecule has 3 aliphatic heterocycles. The Kier molecular flexibility index (Phi) is 9.76. The number of halogens is 1. The number of hydrogen-bond donors (Lipinski definition) is 1. The monoisotopic (exact) mass is 618 g/mol. The molecule has 0 bridgehead atoms. The molecule has 1 saturated carbocycles. The van der Waals surface area contributed by atoms with E-state index in [1.54, 1.807) is 4.31 Å². The predicted molar refractivity (Wildman–Crippen MR) is 164 cm³/mol. The molecule has 42 heavy (non-hydrogen) atoms. The van der Waals surface area contributed by atoms with Crippen LogP contribution in [0.2, 0.25) is 0 Å². The zero-order valence-corrected chi connectivity index (χ0v) is 26.2. The quantitative estimate of drug-likeness (QED) is 0.349. The number of aliphatic imine (C=N–C) groups is 1. The number of ether oxygens (including phenoxy) is 1. The van der Waals surface area contributed by atoms with Gasteiger partial charge < -0.3 is 15.4 Å². The molecule has 2 saturated heterocycles. The van der Waals surface area contributed by atoms with E-state index in [1.807, 2.05) is 24.3 Å². The maximum Gasteiger partial charge on any atom is 0.309 e. The first-order chi connectivity index (χ1) is 20.1. The van der Waals surface area contributed by atoms with Gasteiger partial charge in [-0.2, -0.15) is 0 Å². The third kappa shape index (κ3) is 6.93. The van der Waals surface area contributed by atoms with Crippen molar-refractivity contribution < 1.29 is 22.7 Å². The van der Waals surface area contributed by atoms with E-state index < -0.39 is 10.0 Å². The number of nitrogens with two attached hydrogens (primary N) is 1. The van der Waals surface area contributed by atoms with Crippen LogP contribution in [0.25, 0.3) is 5.57 Å². The van der Waals surface area contributed by atoms with Gasteiger partial charge >= 0.3 is 5.97 Å². The zero-order valence-electron chi connectivity index (χ0n) is 24.6. The summed E-state index contributed by atoms with van der Waals surface area (Å²) in [7, 11) is -1.81. The van der Waals surface area contributed by atoms with Crippen molar-refractivity contribution in [1.29, 1.82) is 0 Å². The highest BCUT2D eigenvalue weighted by Crippen LogP contribution is 2.42. The van der Waals surface area contributed by atoms with Crippen molar-refractivity contribution >= 4 is 44.8 Å². The van der Waals surface area contributed by atoms with Gasteiger partial charge in [0.15, 0.2) is 0 Å². The number of likely N-dealkylation sites (tertiary alicyclic amines) is 1. The maximum atomic E-state index is 14.0. The van der Waals surface area contributed by atoms with Crippen molar-refractivity contribution in [1.82, 2.24) is 9.21 Å². The lowest BCUT2D eigenvalue weighted by molar-refractivity contribution is -0.140. The van der Waals surface area contributed by atoms with Crippen molar-refractivity contribution in [3.63, 3.8) is 0 Å². The molecule has 0 aromatic heterocycles. The summed E-state index contributed by atoms with van der Waals surface area (Å²) in [6.07, 6.45) is 8.22. The Morgan fingerprint density at radius 2 is 1.71 bits per heavy atom. The first-order valence-corrected chi connectivity index (χ1v) is 17.4. The number of hydrogen-bond acceptors (Lipinski definition) is 7. The number of allylic oxidation sites excluding steroid dienone is 1. The Hall–Kier alpha value is -2.27. The summed E-state index contributed by atoms with van der Waals surface area (Å²) >= 11 is 6.72. The summed E-state index contributed by atoms with van der Waals surface area (Å²) in [6, 6.07) is 7.61. The Balaban J connectivity index is 1.31. The third-order valence-electron chi connectivity index (χ3n) is 9.89. The summed E-state index contributed by atoms with van der Waals surface area (Å²) in [4.78, 5) is 32.6. The van der Waals surface area contributed by atoms with Crippen molar-refractivity contribution in [2.24, 2.45) is 34.4 Å². The minimum absolute atomic E-state index is 0.00777. The molecule has 5 rings (SSSR count). The molecule has 1 amide bonds. The second-order valence-corrected chi connectivity index (χ2v) is 14.8. The summed E-state index contributed by atoms with van der Waals surface area (Å²) in [6.45, 7) is 2.42. The topological polar surface area (TPSA) is 122 Å². The van der Waals surface area contributed by atoms with Crippen LogP contribution in [-0.4, -0.2) is 80.8 Å². The standard InChI is InChI=1S/C31H43ClN4O5S/c1-41-29(37)15-20-3-7-23(8-4-20)26-17-27(34-30(26)32)28-16-25(22-11-13-35(14-12-22)42(2,39)40)19-36(28)31(38)24-9-5-21(18-33)6-10-24/h3-4,7-8,21-22,24-25,28H,5-6,9-19,33H2,1-2H3/t21?,24?,25-,28-/m0/s1. The van der Waals surface area contributed by atoms with Gasteiger partial charge in [-0.1, -0.05) is 35.9 Å². The van der Waals surface area contributed by atoms with Gasteiger partial charge in [-0.25, -0.2) is 17.7 Å². The number of piperidine rings is 1. The number of esters is 1. The number of methoxy groups -OCH3 is 1. The van der Waals surface area contributed by atoms with E-state index in [0.29, 0.717) is 55.5 Å². The third-order valence-corrected chi connectivity index (χ3v) is 11.5. The van der Waals surface area contributed by atoms with Crippen LogP contribution in [0.5, 0.6) is 0 Å². The van der Waals surface area contributed by atoms with Gasteiger partial charge in [0.25, 0.3) is 0 Å². The molecular formula is C31H43ClN4O5S. The van der Waals surface area contributed by atoms with E-state index in [1.165, 1.54) is 13.4 Å². The molecule has 11 heteroatoms. The molecule has 1 aromatic rings. The second-order valence-electron chi connectivity index (χ2n) is 12.5. The van der Waals surface area contributed by atoms with Gasteiger partial charge in [0, 0.05) is 43.3 Å². The first-order valence-electron chi connectivity index (χ1n) is 15.1. The highest BCUT2D eigenvalue weighted by molar-refractivity contribution is 7.88. The molecule has 2 N–H and O–H groups in total. The van der Waals surface area contributed by atoms with Crippen LogP contribution >= 0.6 is 11.6 Å². The van der Waals surface area contributed by atoms with Gasteiger partial charge in [-0.05, 0) is 80.4 Å². The van der Waals surface area contributed by atoms with E-state index >= 15 is 0 Å². The van der Waals surface area contributed by atoms with Crippen LogP contribution < -0.4 is 5.73 Å². The molecule has 4 aliphatic rings. The molecule has 9 nitrogen and oxygen atoms in total. The molecule has 1 aliphatic carbocycles. The second kappa shape index (κ2) is 13.2. The molecule has 3 fully saturated rings. The number of amides is 1. The van der Waals surface area contributed by atoms with Crippen molar-refractivity contribution in [2.45, 2.75) is 63.8 Å². The van der Waals surface area contributed by atoms with E-state index in [0.717, 1.165) is 67.4 Å². The number of carbonyl (C=O) groups excluding carboxylic acids is 2. The lowest BCUT2D eigenvalue weighted by atomic mass is 9.81. The average Bonchev–Trinajstić information content (AvgIpc) is 3.61. The molecular weight excluding hydrogens is 576 g/mol. The van der Waals surface area contributed by atoms with Crippen LogP contribution in [0, 0.1) is 23.7 Å². The molecule has 2 atom stereocenters. The molecule has 1 aromatic carbocycles. The minimum Gasteiger partial charge on any atom is -0.469 e. The summed E-state index contributed by atoms with van der Waals surface area (Å²) in [5.41, 5.74) is 9.58. The molecule has 0 unspecified atom stereocenters. The van der Waals surface area contributed by atoms with Crippen molar-refractivity contribution in [2.75, 3.05) is 39.5 Å². The van der Waals surface area contributed by atoms with Gasteiger partial charge in [-0.3, -0.25) is 9.59 Å². The van der Waals surface area contributed by atoms with Gasteiger partial charge in [0.2, 0.25) is 15.9 Å².